The summed E-state index contributed by atoms with van der Waals surface area (Å²) in [5.74, 6) is -2.20. The Hall–Kier alpha value is -4.81. The quantitative estimate of drug-likeness (QED) is 0.363. The highest BCUT2D eigenvalue weighted by Crippen LogP contribution is 2.38. The summed E-state index contributed by atoms with van der Waals surface area (Å²) in [6.45, 7) is 6.94. The molecule has 1 fully saturated rings. The SMILES string of the molecule is CN1CCN(c2cccc3c2CCN(C(=O)[C@H]2CC(c4cccc(Cl)c4F)=NO2)[C@@H]3C(=O)Nc2ccc(C(=O)OC(C)(C)C)cc2)C(=O)C1. The molecule has 1 N–H and O–H groups in total. The highest BCUT2D eigenvalue weighted by molar-refractivity contribution is 6.31. The molecule has 13 heteroatoms. The number of carbonyl (C=O) groups is 4. The molecule has 0 bridgehead atoms. The fourth-order valence-corrected chi connectivity index (χ4v) is 6.46. The van der Waals surface area contributed by atoms with Crippen LogP contribution >= 0.6 is 11.6 Å². The van der Waals surface area contributed by atoms with Gasteiger partial charge in [0.05, 0.1) is 22.8 Å². The van der Waals surface area contributed by atoms with Gasteiger partial charge in [-0.2, -0.15) is 0 Å². The molecule has 0 aliphatic carbocycles. The monoisotopic (exact) mass is 689 g/mol. The second kappa shape index (κ2) is 13.6. The summed E-state index contributed by atoms with van der Waals surface area (Å²) in [4.78, 5) is 64.6. The largest absolute Gasteiger partial charge is 0.456 e. The molecule has 0 radical (unpaired) electrons. The third-order valence-electron chi connectivity index (χ3n) is 8.62. The Morgan fingerprint density at radius 2 is 1.76 bits per heavy atom. The summed E-state index contributed by atoms with van der Waals surface area (Å²) >= 11 is 5.98. The Morgan fingerprint density at radius 1 is 1.02 bits per heavy atom. The van der Waals surface area contributed by atoms with Gasteiger partial charge in [0.15, 0.2) is 5.82 Å². The van der Waals surface area contributed by atoms with E-state index >= 15 is 0 Å². The van der Waals surface area contributed by atoms with Crippen molar-refractivity contribution in [1.82, 2.24) is 9.80 Å². The van der Waals surface area contributed by atoms with E-state index in [4.69, 9.17) is 21.2 Å². The molecule has 3 amide bonds. The van der Waals surface area contributed by atoms with Crippen molar-refractivity contribution in [3.63, 3.8) is 0 Å². The molecule has 0 aromatic heterocycles. The number of esters is 1. The number of carbonyl (C=O) groups excluding carboxylic acids is 4. The number of oxime groups is 1. The molecule has 3 aliphatic rings. The van der Waals surface area contributed by atoms with Crippen LogP contribution in [0.3, 0.4) is 0 Å². The number of benzene rings is 3. The van der Waals surface area contributed by atoms with Crippen LogP contribution in [0.1, 0.15) is 60.3 Å². The second-order valence-electron chi connectivity index (χ2n) is 13.3. The summed E-state index contributed by atoms with van der Waals surface area (Å²) in [6.07, 6.45) is -0.731. The van der Waals surface area contributed by atoms with Crippen molar-refractivity contribution in [2.45, 2.75) is 51.4 Å². The zero-order valence-electron chi connectivity index (χ0n) is 27.7. The van der Waals surface area contributed by atoms with E-state index in [1.165, 1.54) is 17.0 Å². The fourth-order valence-electron chi connectivity index (χ4n) is 6.29. The number of nitrogens with zero attached hydrogens (tertiary/aromatic N) is 4. The molecule has 3 aliphatic heterocycles. The molecular weight excluding hydrogens is 653 g/mol. The third-order valence-corrected chi connectivity index (χ3v) is 8.92. The number of amides is 3. The van der Waals surface area contributed by atoms with Crippen molar-refractivity contribution in [2.24, 2.45) is 5.16 Å². The lowest BCUT2D eigenvalue weighted by atomic mass is 9.89. The predicted octanol–water partition coefficient (Wildman–Crippen LogP) is 4.97. The zero-order valence-corrected chi connectivity index (χ0v) is 28.4. The predicted molar refractivity (Wildman–Crippen MR) is 182 cm³/mol. The van der Waals surface area contributed by atoms with Gasteiger partial charge in [-0.1, -0.05) is 35.0 Å². The molecule has 3 heterocycles. The summed E-state index contributed by atoms with van der Waals surface area (Å²) in [5.41, 5.74) is 2.51. The van der Waals surface area contributed by atoms with Gasteiger partial charge >= 0.3 is 5.97 Å². The topological polar surface area (TPSA) is 121 Å². The Bertz CT molecular complexity index is 1840. The average molecular weight is 690 g/mol. The van der Waals surface area contributed by atoms with E-state index in [9.17, 15) is 23.6 Å². The lowest BCUT2D eigenvalue weighted by Gasteiger charge is -2.40. The first-order chi connectivity index (χ1) is 23.3. The number of likely N-dealkylation sites (N-methyl/N-ethyl adjacent to an activating group) is 1. The molecule has 3 aromatic carbocycles. The van der Waals surface area contributed by atoms with Crippen molar-refractivity contribution < 1.29 is 33.1 Å². The Labute approximate surface area is 288 Å². The number of halogens is 2. The Balaban J connectivity index is 1.29. The standard InChI is InChI=1S/C36H37ClFN5O6/c1-36(2,3)48-35(47)21-11-13-22(14-12-21)39-33(45)32-24-7-6-10-28(42-18-17-41(4)20-30(42)44)23(24)15-16-43(32)34(46)29-19-27(40-49-29)25-8-5-9-26(37)31(25)38/h5-14,29,32H,15-20H2,1-4H3,(H,39,45)/t29-,32+/m1/s1. The molecule has 2 atom stereocenters. The molecule has 6 rings (SSSR count). The van der Waals surface area contributed by atoms with E-state index in [2.05, 4.69) is 10.5 Å². The van der Waals surface area contributed by atoms with Gasteiger partial charge in [-0.05, 0) is 87.8 Å². The van der Waals surface area contributed by atoms with Crippen LogP contribution in [0.4, 0.5) is 15.8 Å². The Kier molecular flexibility index (Phi) is 9.45. The van der Waals surface area contributed by atoms with E-state index in [1.54, 1.807) is 68.1 Å². The average Bonchev–Trinajstić information content (AvgIpc) is 3.54. The minimum atomic E-state index is -1.10. The molecule has 3 aromatic rings. The third kappa shape index (κ3) is 7.16. The highest BCUT2D eigenvalue weighted by atomic mass is 35.5. The van der Waals surface area contributed by atoms with E-state index < -0.39 is 41.3 Å². The number of ether oxygens (including phenoxy) is 1. The maximum Gasteiger partial charge on any atom is 0.338 e. The minimum Gasteiger partial charge on any atom is -0.456 e. The molecule has 1 saturated heterocycles. The van der Waals surface area contributed by atoms with Crippen molar-refractivity contribution in [3.05, 3.63) is 93.8 Å². The smallest absolute Gasteiger partial charge is 0.338 e. The lowest BCUT2D eigenvalue weighted by Crippen LogP contribution is -2.51. The van der Waals surface area contributed by atoms with Crippen molar-refractivity contribution in [3.8, 4) is 0 Å². The van der Waals surface area contributed by atoms with Crippen LogP contribution in [0.25, 0.3) is 0 Å². The minimum absolute atomic E-state index is 0.0181. The van der Waals surface area contributed by atoms with Gasteiger partial charge in [0.2, 0.25) is 12.0 Å². The maximum absolute atomic E-state index is 14.8. The number of hydrogen-bond donors (Lipinski definition) is 1. The zero-order chi connectivity index (χ0) is 35.0. The first-order valence-corrected chi connectivity index (χ1v) is 16.4. The number of anilines is 2. The van der Waals surface area contributed by atoms with Gasteiger partial charge < -0.3 is 24.7 Å². The van der Waals surface area contributed by atoms with Crippen molar-refractivity contribution in [2.75, 3.05) is 43.4 Å². The van der Waals surface area contributed by atoms with E-state index in [0.717, 1.165) is 5.56 Å². The van der Waals surface area contributed by atoms with Gasteiger partial charge in [0.25, 0.3) is 11.8 Å². The Morgan fingerprint density at radius 3 is 2.47 bits per heavy atom. The first kappa shape index (κ1) is 34.1. The van der Waals surface area contributed by atoms with Crippen LogP contribution in [0, 0.1) is 5.82 Å². The summed E-state index contributed by atoms with van der Waals surface area (Å²) in [7, 11) is 1.89. The van der Waals surface area contributed by atoms with E-state index in [-0.39, 0.29) is 41.7 Å². The molecule has 0 unspecified atom stereocenters. The van der Waals surface area contributed by atoms with Gasteiger partial charge in [0, 0.05) is 43.0 Å². The van der Waals surface area contributed by atoms with E-state index in [0.29, 0.717) is 42.0 Å². The van der Waals surface area contributed by atoms with Crippen LogP contribution in [0.5, 0.6) is 0 Å². The van der Waals surface area contributed by atoms with Crippen molar-refractivity contribution >= 4 is 52.4 Å². The van der Waals surface area contributed by atoms with Crippen LogP contribution < -0.4 is 10.2 Å². The number of fused-ring (bicyclic) bond motifs is 1. The number of hydrogen-bond acceptors (Lipinski definition) is 8. The van der Waals surface area contributed by atoms with Crippen LogP contribution in [0.15, 0.2) is 65.8 Å². The molecule has 0 spiro atoms. The van der Waals surface area contributed by atoms with Gasteiger partial charge in [-0.25, -0.2) is 9.18 Å². The lowest BCUT2D eigenvalue weighted by molar-refractivity contribution is -0.148. The number of piperazine rings is 1. The summed E-state index contributed by atoms with van der Waals surface area (Å²) < 4.78 is 20.2. The summed E-state index contributed by atoms with van der Waals surface area (Å²) in [6, 6.07) is 15.1. The normalized spacial score (nSPS) is 19.6. The molecule has 0 saturated carbocycles. The fraction of sp³-hybridized carbons (Fsp3) is 0.361. The maximum atomic E-state index is 14.8. The molecule has 49 heavy (non-hydrogen) atoms. The molecular formula is C36H37ClFN5O6. The first-order valence-electron chi connectivity index (χ1n) is 16.0. The van der Waals surface area contributed by atoms with Crippen molar-refractivity contribution in [1.29, 1.82) is 0 Å². The highest BCUT2D eigenvalue weighted by Gasteiger charge is 2.43. The van der Waals surface area contributed by atoms with Gasteiger partial charge in [-0.3, -0.25) is 19.3 Å². The van der Waals surface area contributed by atoms with Gasteiger partial charge in [0.1, 0.15) is 11.6 Å². The summed E-state index contributed by atoms with van der Waals surface area (Å²) in [5, 5.41) is 6.83. The van der Waals surface area contributed by atoms with Gasteiger partial charge in [-0.15, -0.1) is 0 Å². The van der Waals surface area contributed by atoms with E-state index in [1.807, 2.05) is 18.0 Å². The van der Waals surface area contributed by atoms with Crippen LogP contribution in [-0.4, -0.2) is 84.1 Å². The number of nitrogens with one attached hydrogen (secondary N) is 1. The molecule has 256 valence electrons. The van der Waals surface area contributed by atoms with Crippen LogP contribution in [0.2, 0.25) is 5.02 Å². The van der Waals surface area contributed by atoms with Crippen LogP contribution in [-0.2, 0) is 30.4 Å². The second-order valence-corrected chi connectivity index (χ2v) is 13.7. The molecule has 11 nitrogen and oxygen atoms in total. The number of rotatable bonds is 6.